The first kappa shape index (κ1) is 8.17. The van der Waals surface area contributed by atoms with Crippen molar-refractivity contribution >= 4 is 0 Å². The number of benzene rings is 1. The molecule has 1 aliphatic rings. The van der Waals surface area contributed by atoms with Gasteiger partial charge in [-0.15, -0.1) is 0 Å². The van der Waals surface area contributed by atoms with Gasteiger partial charge in [-0.05, 0) is 31.1 Å². The van der Waals surface area contributed by atoms with Gasteiger partial charge in [0.2, 0.25) is 0 Å². The highest BCUT2D eigenvalue weighted by Gasteiger charge is 2.11. The lowest BCUT2D eigenvalue weighted by Crippen LogP contribution is -2.09. The molecule has 0 bridgehead atoms. The number of phenolic OH excluding ortho intramolecular Hbond substituents is 1. The maximum Gasteiger partial charge on any atom is 0.161 e. The Balaban J connectivity index is 2.09. The number of phenols is 1. The number of hydrogen-bond donors (Lipinski definition) is 1. The molecule has 1 N–H and O–H groups in total. The average Bonchev–Trinajstić information content (AvgIpc) is 2.61. The van der Waals surface area contributed by atoms with Gasteiger partial charge in [-0.2, -0.15) is 0 Å². The fourth-order valence-electron chi connectivity index (χ4n) is 1.42. The Morgan fingerprint density at radius 1 is 1.31 bits per heavy atom. The number of para-hydroxylation sites is 2. The Hall–Kier alpha value is -1.44. The standard InChI is InChI=1S/C11H12O2/c12-10-7-3-4-8-11(10)13-9-5-1-2-6-9/h1,3-5,7-9,12H,2,6H2/t9-/m1/s1. The van der Waals surface area contributed by atoms with E-state index in [1.54, 1.807) is 18.2 Å². The van der Waals surface area contributed by atoms with Gasteiger partial charge in [0.05, 0.1) is 0 Å². The fourth-order valence-corrected chi connectivity index (χ4v) is 1.42. The van der Waals surface area contributed by atoms with E-state index in [1.165, 1.54) is 0 Å². The smallest absolute Gasteiger partial charge is 0.161 e. The van der Waals surface area contributed by atoms with Crippen LogP contribution in [0.1, 0.15) is 12.8 Å². The van der Waals surface area contributed by atoms with E-state index < -0.39 is 0 Å². The molecule has 0 aromatic heterocycles. The Morgan fingerprint density at radius 3 is 2.85 bits per heavy atom. The molecule has 0 aliphatic heterocycles. The van der Waals surface area contributed by atoms with Crippen molar-refractivity contribution in [2.45, 2.75) is 18.9 Å². The first-order chi connectivity index (χ1) is 6.36. The molecule has 2 nitrogen and oxygen atoms in total. The second-order valence-electron chi connectivity index (χ2n) is 3.13. The van der Waals surface area contributed by atoms with Crippen molar-refractivity contribution in [2.75, 3.05) is 0 Å². The van der Waals surface area contributed by atoms with Gasteiger partial charge >= 0.3 is 0 Å². The zero-order chi connectivity index (χ0) is 9.10. The maximum atomic E-state index is 9.42. The first-order valence-electron chi connectivity index (χ1n) is 4.47. The molecule has 0 saturated heterocycles. The van der Waals surface area contributed by atoms with E-state index in [-0.39, 0.29) is 11.9 Å². The molecule has 0 spiro atoms. The quantitative estimate of drug-likeness (QED) is 0.701. The first-order valence-corrected chi connectivity index (χ1v) is 4.47. The molecule has 68 valence electrons. The molecule has 1 aromatic carbocycles. The van der Waals surface area contributed by atoms with E-state index in [4.69, 9.17) is 4.74 Å². The van der Waals surface area contributed by atoms with Gasteiger partial charge in [0.25, 0.3) is 0 Å². The second kappa shape index (κ2) is 3.52. The van der Waals surface area contributed by atoms with Gasteiger partial charge in [-0.25, -0.2) is 0 Å². The molecule has 0 fully saturated rings. The lowest BCUT2D eigenvalue weighted by molar-refractivity contribution is 0.238. The number of rotatable bonds is 2. The van der Waals surface area contributed by atoms with E-state index in [9.17, 15) is 5.11 Å². The van der Waals surface area contributed by atoms with E-state index in [0.717, 1.165) is 12.8 Å². The van der Waals surface area contributed by atoms with Crippen molar-refractivity contribution in [3.05, 3.63) is 36.4 Å². The largest absolute Gasteiger partial charge is 0.504 e. The second-order valence-corrected chi connectivity index (χ2v) is 3.13. The molecular formula is C11H12O2. The monoisotopic (exact) mass is 176 g/mol. The third-order valence-electron chi connectivity index (χ3n) is 2.11. The summed E-state index contributed by atoms with van der Waals surface area (Å²) in [6.45, 7) is 0. The van der Waals surface area contributed by atoms with E-state index in [1.807, 2.05) is 12.1 Å². The van der Waals surface area contributed by atoms with Crippen LogP contribution < -0.4 is 4.74 Å². The highest BCUT2D eigenvalue weighted by Crippen LogP contribution is 2.27. The molecule has 0 saturated carbocycles. The van der Waals surface area contributed by atoms with Crippen molar-refractivity contribution in [1.82, 2.24) is 0 Å². The molecule has 13 heavy (non-hydrogen) atoms. The minimum Gasteiger partial charge on any atom is -0.504 e. The molecule has 0 radical (unpaired) electrons. The molecular weight excluding hydrogens is 164 g/mol. The van der Waals surface area contributed by atoms with E-state index >= 15 is 0 Å². The number of aromatic hydroxyl groups is 1. The van der Waals surface area contributed by atoms with Gasteiger partial charge in [0.1, 0.15) is 6.10 Å². The summed E-state index contributed by atoms with van der Waals surface area (Å²) in [4.78, 5) is 0. The summed E-state index contributed by atoms with van der Waals surface area (Å²) in [6, 6.07) is 7.05. The van der Waals surface area contributed by atoms with Gasteiger partial charge in [-0.3, -0.25) is 0 Å². The summed E-state index contributed by atoms with van der Waals surface area (Å²) in [5.41, 5.74) is 0. The van der Waals surface area contributed by atoms with E-state index in [2.05, 4.69) is 6.08 Å². The summed E-state index contributed by atoms with van der Waals surface area (Å²) >= 11 is 0. The average molecular weight is 176 g/mol. The minimum absolute atomic E-state index is 0.133. The van der Waals surface area contributed by atoms with Crippen LogP contribution in [0.3, 0.4) is 0 Å². The summed E-state index contributed by atoms with van der Waals surface area (Å²) in [5.74, 6) is 0.779. The SMILES string of the molecule is Oc1ccccc1O[C@@H]1C=CCC1. The Labute approximate surface area is 77.5 Å². The van der Waals surface area contributed by atoms with Crippen molar-refractivity contribution in [3.8, 4) is 11.5 Å². The number of hydrogen-bond acceptors (Lipinski definition) is 2. The van der Waals surface area contributed by atoms with Gasteiger partial charge in [0, 0.05) is 0 Å². The molecule has 2 rings (SSSR count). The molecule has 1 atom stereocenters. The normalized spacial score (nSPS) is 20.5. The summed E-state index contributed by atoms with van der Waals surface area (Å²) in [5, 5.41) is 9.42. The Kier molecular flexibility index (Phi) is 2.21. The predicted octanol–water partition coefficient (Wildman–Crippen LogP) is 2.49. The zero-order valence-electron chi connectivity index (χ0n) is 7.31. The topological polar surface area (TPSA) is 29.5 Å². The summed E-state index contributed by atoms with van der Waals surface area (Å²) < 4.78 is 5.57. The van der Waals surface area contributed by atoms with Crippen LogP contribution in [-0.2, 0) is 0 Å². The maximum absolute atomic E-state index is 9.42. The predicted molar refractivity (Wildman–Crippen MR) is 50.9 cm³/mol. The van der Waals surface area contributed by atoms with Crippen LogP contribution in [0.15, 0.2) is 36.4 Å². The molecule has 1 aliphatic carbocycles. The van der Waals surface area contributed by atoms with Crippen LogP contribution in [0, 0.1) is 0 Å². The molecule has 0 unspecified atom stereocenters. The third kappa shape index (κ3) is 1.83. The van der Waals surface area contributed by atoms with Crippen LogP contribution in [0.25, 0.3) is 0 Å². The number of allylic oxidation sites excluding steroid dienone is 1. The van der Waals surface area contributed by atoms with Crippen molar-refractivity contribution in [1.29, 1.82) is 0 Å². The zero-order valence-corrected chi connectivity index (χ0v) is 7.31. The van der Waals surface area contributed by atoms with Crippen LogP contribution in [0.5, 0.6) is 11.5 Å². The van der Waals surface area contributed by atoms with Crippen molar-refractivity contribution in [3.63, 3.8) is 0 Å². The molecule has 2 heteroatoms. The fraction of sp³-hybridized carbons (Fsp3) is 0.273. The van der Waals surface area contributed by atoms with Crippen LogP contribution >= 0.6 is 0 Å². The molecule has 0 amide bonds. The van der Waals surface area contributed by atoms with Crippen LogP contribution in [-0.4, -0.2) is 11.2 Å². The lowest BCUT2D eigenvalue weighted by Gasteiger charge is -2.12. The van der Waals surface area contributed by atoms with Crippen LogP contribution in [0.2, 0.25) is 0 Å². The Morgan fingerprint density at radius 2 is 2.15 bits per heavy atom. The molecule has 1 aromatic rings. The van der Waals surface area contributed by atoms with Gasteiger partial charge < -0.3 is 9.84 Å². The van der Waals surface area contributed by atoms with Gasteiger partial charge in [0.15, 0.2) is 11.5 Å². The highest BCUT2D eigenvalue weighted by molar-refractivity contribution is 5.38. The van der Waals surface area contributed by atoms with Crippen molar-refractivity contribution < 1.29 is 9.84 Å². The summed E-state index contributed by atoms with van der Waals surface area (Å²) in [6.07, 6.45) is 6.34. The van der Waals surface area contributed by atoms with Crippen molar-refractivity contribution in [2.24, 2.45) is 0 Å². The summed E-state index contributed by atoms with van der Waals surface area (Å²) in [7, 11) is 0. The molecule has 0 heterocycles. The lowest BCUT2D eigenvalue weighted by atomic mass is 10.3. The Bertz CT molecular complexity index is 318. The van der Waals surface area contributed by atoms with E-state index in [0.29, 0.717) is 5.75 Å². The van der Waals surface area contributed by atoms with Gasteiger partial charge in [-0.1, -0.05) is 18.2 Å². The third-order valence-corrected chi connectivity index (χ3v) is 2.11. The van der Waals surface area contributed by atoms with Crippen LogP contribution in [0.4, 0.5) is 0 Å². The number of ether oxygens (including phenoxy) is 1. The highest BCUT2D eigenvalue weighted by atomic mass is 16.5. The minimum atomic E-state index is 0.133.